The van der Waals surface area contributed by atoms with Gasteiger partial charge in [0.05, 0.1) is 6.10 Å². The molecule has 0 saturated carbocycles. The number of carbonyl (C=O) groups excluding carboxylic acids is 1. The topological polar surface area (TPSA) is 60.3 Å². The van der Waals surface area contributed by atoms with Crippen molar-refractivity contribution in [3.63, 3.8) is 0 Å². The van der Waals surface area contributed by atoms with E-state index in [0.29, 0.717) is 11.3 Å². The molecule has 0 unspecified atom stereocenters. The Morgan fingerprint density at radius 3 is 2.35 bits per heavy atom. The Morgan fingerprint density at radius 1 is 1.17 bits per heavy atom. The van der Waals surface area contributed by atoms with Crippen LogP contribution in [0.25, 0.3) is 0 Å². The van der Waals surface area contributed by atoms with E-state index in [1.165, 1.54) is 4.57 Å². The summed E-state index contributed by atoms with van der Waals surface area (Å²) in [6.07, 6.45) is 0.0914. The number of nitrogens with one attached hydrogen (secondary N) is 1. The van der Waals surface area contributed by atoms with Crippen LogP contribution >= 0.6 is 0 Å². The van der Waals surface area contributed by atoms with Gasteiger partial charge < -0.3 is 14.6 Å². The first kappa shape index (κ1) is 16.8. The molecule has 0 aliphatic rings. The Labute approximate surface area is 135 Å². The second kappa shape index (κ2) is 6.69. The molecule has 0 bridgehead atoms. The summed E-state index contributed by atoms with van der Waals surface area (Å²) in [6.45, 7) is 7.50. The van der Waals surface area contributed by atoms with Gasteiger partial charge in [-0.15, -0.1) is 0 Å². The fourth-order valence-electron chi connectivity index (χ4n) is 2.34. The van der Waals surface area contributed by atoms with Gasteiger partial charge >= 0.3 is 0 Å². The first-order chi connectivity index (χ1) is 10.8. The minimum atomic E-state index is -0.402. The Bertz CT molecular complexity index is 774. The van der Waals surface area contributed by atoms with Crippen LogP contribution in [-0.4, -0.2) is 16.6 Å². The van der Waals surface area contributed by atoms with Crippen molar-refractivity contribution in [2.45, 2.75) is 33.8 Å². The zero-order valence-corrected chi connectivity index (χ0v) is 14.1. The first-order valence-electron chi connectivity index (χ1n) is 7.55. The molecule has 2 rings (SSSR count). The number of aromatic nitrogens is 1. The van der Waals surface area contributed by atoms with Crippen molar-refractivity contribution >= 4 is 11.6 Å². The van der Waals surface area contributed by atoms with Crippen molar-refractivity contribution in [3.8, 4) is 5.75 Å². The SMILES string of the molecule is Cc1cc(C)n(C)c(=O)c1C(=O)Nc1ccc(OC(C)C)cc1. The fraction of sp³-hybridized carbons (Fsp3) is 0.333. The third-order valence-corrected chi connectivity index (χ3v) is 3.58. The van der Waals surface area contributed by atoms with Gasteiger partial charge in [-0.1, -0.05) is 0 Å². The van der Waals surface area contributed by atoms with Gasteiger partial charge in [0.1, 0.15) is 11.3 Å². The number of carbonyl (C=O) groups is 1. The summed E-state index contributed by atoms with van der Waals surface area (Å²) in [5, 5.41) is 2.76. The predicted octanol–water partition coefficient (Wildman–Crippen LogP) is 3.04. The van der Waals surface area contributed by atoms with E-state index < -0.39 is 5.91 Å². The minimum Gasteiger partial charge on any atom is -0.491 e. The predicted molar refractivity (Wildman–Crippen MR) is 91.3 cm³/mol. The van der Waals surface area contributed by atoms with Crippen LogP contribution < -0.4 is 15.6 Å². The fourth-order valence-corrected chi connectivity index (χ4v) is 2.34. The van der Waals surface area contributed by atoms with Crippen LogP contribution in [0, 0.1) is 13.8 Å². The van der Waals surface area contributed by atoms with Crippen molar-refractivity contribution in [2.24, 2.45) is 7.05 Å². The molecule has 23 heavy (non-hydrogen) atoms. The maximum absolute atomic E-state index is 12.4. The first-order valence-corrected chi connectivity index (χ1v) is 7.55. The number of anilines is 1. The van der Waals surface area contributed by atoms with E-state index in [1.54, 1.807) is 38.2 Å². The maximum atomic E-state index is 12.4. The second-order valence-corrected chi connectivity index (χ2v) is 5.85. The zero-order chi connectivity index (χ0) is 17.1. The highest BCUT2D eigenvalue weighted by molar-refractivity contribution is 6.05. The van der Waals surface area contributed by atoms with Gasteiger partial charge in [-0.05, 0) is 63.6 Å². The lowest BCUT2D eigenvalue weighted by molar-refractivity contribution is 0.102. The molecular weight excluding hydrogens is 292 g/mol. The highest BCUT2D eigenvalue weighted by Crippen LogP contribution is 2.17. The van der Waals surface area contributed by atoms with Crippen LogP contribution in [-0.2, 0) is 7.05 Å². The van der Waals surface area contributed by atoms with E-state index in [4.69, 9.17) is 4.74 Å². The summed E-state index contributed by atoms with van der Waals surface area (Å²) >= 11 is 0. The van der Waals surface area contributed by atoms with Gasteiger partial charge in [0, 0.05) is 18.4 Å². The van der Waals surface area contributed by atoms with Crippen LogP contribution in [0.1, 0.15) is 35.5 Å². The van der Waals surface area contributed by atoms with Gasteiger partial charge in [0.2, 0.25) is 0 Å². The lowest BCUT2D eigenvalue weighted by atomic mass is 10.1. The van der Waals surface area contributed by atoms with E-state index >= 15 is 0 Å². The maximum Gasteiger partial charge on any atom is 0.263 e. The number of amides is 1. The normalized spacial score (nSPS) is 10.7. The average molecular weight is 314 g/mol. The van der Waals surface area contributed by atoms with Gasteiger partial charge in [0.25, 0.3) is 11.5 Å². The molecule has 122 valence electrons. The molecule has 0 saturated heterocycles. The number of ether oxygens (including phenoxy) is 1. The molecule has 0 radical (unpaired) electrons. The average Bonchev–Trinajstić information content (AvgIpc) is 2.46. The Kier molecular flexibility index (Phi) is 4.89. The summed E-state index contributed by atoms with van der Waals surface area (Å²) < 4.78 is 7.03. The highest BCUT2D eigenvalue weighted by atomic mass is 16.5. The van der Waals surface area contributed by atoms with Crippen LogP contribution in [0.2, 0.25) is 0 Å². The summed E-state index contributed by atoms with van der Waals surface area (Å²) in [7, 11) is 1.66. The number of rotatable bonds is 4. The minimum absolute atomic E-state index is 0.0914. The number of pyridine rings is 1. The third kappa shape index (κ3) is 3.80. The molecule has 0 aliphatic heterocycles. The third-order valence-electron chi connectivity index (χ3n) is 3.58. The molecule has 0 spiro atoms. The second-order valence-electron chi connectivity index (χ2n) is 5.85. The van der Waals surface area contributed by atoms with Gasteiger partial charge in [-0.2, -0.15) is 0 Å². The molecule has 1 N–H and O–H groups in total. The largest absolute Gasteiger partial charge is 0.491 e. The van der Waals surface area contributed by atoms with E-state index in [-0.39, 0.29) is 17.2 Å². The lowest BCUT2D eigenvalue weighted by Gasteiger charge is -2.12. The van der Waals surface area contributed by atoms with Crippen LogP contribution in [0.4, 0.5) is 5.69 Å². The molecule has 0 aliphatic carbocycles. The number of hydrogen-bond donors (Lipinski definition) is 1. The van der Waals surface area contributed by atoms with Gasteiger partial charge in [-0.3, -0.25) is 9.59 Å². The molecule has 0 atom stereocenters. The van der Waals surface area contributed by atoms with Crippen molar-refractivity contribution in [1.29, 1.82) is 0 Å². The van der Waals surface area contributed by atoms with Crippen molar-refractivity contribution in [3.05, 3.63) is 57.5 Å². The summed E-state index contributed by atoms with van der Waals surface area (Å²) in [6, 6.07) is 8.91. The Morgan fingerprint density at radius 2 is 1.78 bits per heavy atom. The van der Waals surface area contributed by atoms with Gasteiger partial charge in [0.15, 0.2) is 0 Å². The number of benzene rings is 1. The molecule has 1 aromatic heterocycles. The Hall–Kier alpha value is -2.56. The molecule has 5 nitrogen and oxygen atoms in total. The molecule has 0 fully saturated rings. The summed E-state index contributed by atoms with van der Waals surface area (Å²) in [4.78, 5) is 24.7. The van der Waals surface area contributed by atoms with E-state index in [9.17, 15) is 9.59 Å². The van der Waals surface area contributed by atoms with Crippen LogP contribution in [0.15, 0.2) is 35.1 Å². The molecule has 1 amide bonds. The van der Waals surface area contributed by atoms with E-state index in [0.717, 1.165) is 11.4 Å². The number of nitrogens with zero attached hydrogens (tertiary/aromatic N) is 1. The number of hydrogen-bond acceptors (Lipinski definition) is 3. The smallest absolute Gasteiger partial charge is 0.263 e. The summed E-state index contributed by atoms with van der Waals surface area (Å²) in [5.74, 6) is 0.334. The lowest BCUT2D eigenvalue weighted by Crippen LogP contribution is -2.30. The van der Waals surface area contributed by atoms with E-state index in [2.05, 4.69) is 5.32 Å². The van der Waals surface area contributed by atoms with Crippen molar-refractivity contribution < 1.29 is 9.53 Å². The molecule has 1 heterocycles. The van der Waals surface area contributed by atoms with Crippen molar-refractivity contribution in [1.82, 2.24) is 4.57 Å². The quantitative estimate of drug-likeness (QED) is 0.943. The summed E-state index contributed by atoms with van der Waals surface area (Å²) in [5.41, 5.74) is 1.98. The van der Waals surface area contributed by atoms with Crippen LogP contribution in [0.3, 0.4) is 0 Å². The molecular formula is C18H22N2O3. The molecule has 5 heteroatoms. The number of aryl methyl sites for hydroxylation is 2. The van der Waals surface area contributed by atoms with E-state index in [1.807, 2.05) is 26.8 Å². The monoisotopic (exact) mass is 314 g/mol. The standard InChI is InChI=1S/C18H22N2O3/c1-11(2)23-15-8-6-14(7-9-15)19-17(21)16-12(3)10-13(4)20(5)18(16)22/h6-11H,1-5H3,(H,19,21). The zero-order valence-electron chi connectivity index (χ0n) is 14.1. The van der Waals surface area contributed by atoms with Crippen LogP contribution in [0.5, 0.6) is 5.75 Å². The van der Waals surface area contributed by atoms with Crippen molar-refractivity contribution in [2.75, 3.05) is 5.32 Å². The van der Waals surface area contributed by atoms with Gasteiger partial charge in [-0.25, -0.2) is 0 Å². The Balaban J connectivity index is 2.23. The highest BCUT2D eigenvalue weighted by Gasteiger charge is 2.16. The molecule has 2 aromatic rings. The molecule has 1 aromatic carbocycles.